The summed E-state index contributed by atoms with van der Waals surface area (Å²) in [4.78, 5) is 0. The lowest BCUT2D eigenvalue weighted by molar-refractivity contribution is 0.577. The van der Waals surface area contributed by atoms with E-state index in [4.69, 9.17) is 0 Å². The van der Waals surface area contributed by atoms with Crippen molar-refractivity contribution >= 4 is 15.9 Å². The summed E-state index contributed by atoms with van der Waals surface area (Å²) >= 11 is 3.28. The zero-order valence-corrected chi connectivity index (χ0v) is 13.9. The molecular formula is C16H19BrFN3. The summed E-state index contributed by atoms with van der Waals surface area (Å²) in [6.45, 7) is 5.40. The van der Waals surface area contributed by atoms with Crippen LogP contribution in [0.3, 0.4) is 0 Å². The molecule has 1 aromatic carbocycles. The van der Waals surface area contributed by atoms with Crippen molar-refractivity contribution < 1.29 is 4.39 Å². The first kappa shape index (κ1) is 14.7. The lowest BCUT2D eigenvalue weighted by Crippen LogP contribution is -2.16. The molecule has 0 unspecified atom stereocenters. The fourth-order valence-corrected chi connectivity index (χ4v) is 2.82. The second-order valence-corrected chi connectivity index (χ2v) is 6.61. The van der Waals surface area contributed by atoms with Gasteiger partial charge in [-0.15, -0.1) is 0 Å². The van der Waals surface area contributed by atoms with Crippen molar-refractivity contribution in [2.24, 2.45) is 0 Å². The molecule has 1 saturated carbocycles. The lowest BCUT2D eigenvalue weighted by Gasteiger charge is -2.08. The van der Waals surface area contributed by atoms with Crippen LogP contribution in [0.2, 0.25) is 0 Å². The molecule has 3 rings (SSSR count). The highest BCUT2D eigenvalue weighted by Crippen LogP contribution is 2.22. The molecule has 0 amide bonds. The maximum absolute atomic E-state index is 14.0. The molecule has 0 saturated heterocycles. The molecule has 21 heavy (non-hydrogen) atoms. The highest BCUT2D eigenvalue weighted by molar-refractivity contribution is 9.10. The van der Waals surface area contributed by atoms with E-state index >= 15 is 0 Å². The SMILES string of the molecule is Cc1nn(Cc2ccc(Br)cc2F)c(C)c1CNC1CC1. The molecule has 1 aromatic heterocycles. The van der Waals surface area contributed by atoms with E-state index in [2.05, 4.69) is 33.3 Å². The van der Waals surface area contributed by atoms with Crippen molar-refractivity contribution in [3.05, 3.63) is 51.0 Å². The van der Waals surface area contributed by atoms with Crippen LogP contribution in [-0.2, 0) is 13.1 Å². The zero-order valence-electron chi connectivity index (χ0n) is 12.3. The summed E-state index contributed by atoms with van der Waals surface area (Å²) < 4.78 is 16.6. The number of hydrogen-bond acceptors (Lipinski definition) is 2. The quantitative estimate of drug-likeness (QED) is 0.889. The first-order chi connectivity index (χ1) is 10.0. The van der Waals surface area contributed by atoms with Gasteiger partial charge in [0, 0.05) is 33.9 Å². The standard InChI is InChI=1S/C16H19BrFN3/c1-10-15(8-19-14-5-6-14)11(2)21(20-10)9-12-3-4-13(17)7-16(12)18/h3-4,7,14,19H,5-6,8-9H2,1-2H3. The Bertz CT molecular complexity index is 662. The molecule has 112 valence electrons. The molecule has 2 aromatic rings. The van der Waals surface area contributed by atoms with Gasteiger partial charge in [-0.1, -0.05) is 22.0 Å². The molecule has 5 heteroatoms. The molecule has 1 N–H and O–H groups in total. The summed E-state index contributed by atoms with van der Waals surface area (Å²) in [7, 11) is 0. The number of rotatable bonds is 5. The van der Waals surface area contributed by atoms with Gasteiger partial charge < -0.3 is 5.32 Å². The average Bonchev–Trinajstić information content (AvgIpc) is 3.20. The number of nitrogens with one attached hydrogen (secondary N) is 1. The zero-order chi connectivity index (χ0) is 15.0. The number of halogens is 2. The molecule has 1 aliphatic carbocycles. The third-order valence-electron chi connectivity index (χ3n) is 4.01. The van der Waals surface area contributed by atoms with Crippen LogP contribution in [0.15, 0.2) is 22.7 Å². The summed E-state index contributed by atoms with van der Waals surface area (Å²) in [5, 5.41) is 8.08. The highest BCUT2D eigenvalue weighted by Gasteiger charge is 2.21. The summed E-state index contributed by atoms with van der Waals surface area (Å²) in [5.41, 5.74) is 4.03. The predicted octanol–water partition coefficient (Wildman–Crippen LogP) is 3.70. The minimum Gasteiger partial charge on any atom is -0.310 e. The van der Waals surface area contributed by atoms with Crippen molar-refractivity contribution in [1.82, 2.24) is 15.1 Å². The molecule has 0 aliphatic heterocycles. The van der Waals surface area contributed by atoms with Crippen molar-refractivity contribution in [3.63, 3.8) is 0 Å². The van der Waals surface area contributed by atoms with Crippen molar-refractivity contribution in [1.29, 1.82) is 0 Å². The third kappa shape index (κ3) is 3.35. The van der Waals surface area contributed by atoms with Crippen molar-refractivity contribution in [2.75, 3.05) is 0 Å². The minimum atomic E-state index is -0.199. The molecule has 0 radical (unpaired) electrons. The van der Waals surface area contributed by atoms with Crippen LogP contribution in [0.4, 0.5) is 4.39 Å². The third-order valence-corrected chi connectivity index (χ3v) is 4.50. The van der Waals surface area contributed by atoms with Gasteiger partial charge >= 0.3 is 0 Å². The Hall–Kier alpha value is -1.20. The van der Waals surface area contributed by atoms with Crippen LogP contribution in [0.5, 0.6) is 0 Å². The second-order valence-electron chi connectivity index (χ2n) is 5.70. The molecule has 0 bridgehead atoms. The Balaban J connectivity index is 1.79. The fraction of sp³-hybridized carbons (Fsp3) is 0.438. The predicted molar refractivity (Wildman–Crippen MR) is 84.8 cm³/mol. The van der Waals surface area contributed by atoms with Gasteiger partial charge in [0.2, 0.25) is 0 Å². The first-order valence-corrected chi connectivity index (χ1v) is 8.04. The molecular weight excluding hydrogens is 333 g/mol. The van der Waals surface area contributed by atoms with E-state index in [1.54, 1.807) is 6.07 Å². The number of aromatic nitrogens is 2. The topological polar surface area (TPSA) is 29.9 Å². The Morgan fingerprint density at radius 3 is 2.81 bits per heavy atom. The van der Waals surface area contributed by atoms with Gasteiger partial charge in [0.15, 0.2) is 0 Å². The number of aryl methyl sites for hydroxylation is 1. The van der Waals surface area contributed by atoms with E-state index in [1.165, 1.54) is 24.5 Å². The van der Waals surface area contributed by atoms with Gasteiger partial charge in [-0.05, 0) is 38.8 Å². The fourth-order valence-electron chi connectivity index (χ4n) is 2.49. The molecule has 0 atom stereocenters. The first-order valence-electron chi connectivity index (χ1n) is 7.25. The van der Waals surface area contributed by atoms with Crippen LogP contribution >= 0.6 is 15.9 Å². The highest BCUT2D eigenvalue weighted by atomic mass is 79.9. The summed E-state index contributed by atoms with van der Waals surface area (Å²) in [5.74, 6) is -0.199. The van der Waals surface area contributed by atoms with Crippen LogP contribution in [0, 0.1) is 19.7 Å². The molecule has 1 heterocycles. The van der Waals surface area contributed by atoms with E-state index in [0.717, 1.165) is 22.4 Å². The molecule has 3 nitrogen and oxygen atoms in total. The Morgan fingerprint density at radius 1 is 1.38 bits per heavy atom. The smallest absolute Gasteiger partial charge is 0.129 e. The summed E-state index contributed by atoms with van der Waals surface area (Å²) in [6.07, 6.45) is 2.55. The Kier molecular flexibility index (Phi) is 4.13. The number of nitrogens with zero attached hydrogens (tertiary/aromatic N) is 2. The van der Waals surface area contributed by atoms with Gasteiger partial charge in [-0.25, -0.2) is 4.39 Å². The van der Waals surface area contributed by atoms with Crippen LogP contribution < -0.4 is 5.32 Å². The maximum Gasteiger partial charge on any atom is 0.129 e. The van der Waals surface area contributed by atoms with E-state index < -0.39 is 0 Å². The van der Waals surface area contributed by atoms with Crippen molar-refractivity contribution in [3.8, 4) is 0 Å². The van der Waals surface area contributed by atoms with Gasteiger partial charge in [0.25, 0.3) is 0 Å². The summed E-state index contributed by atoms with van der Waals surface area (Å²) in [6, 6.07) is 5.84. The van der Waals surface area contributed by atoms with Crippen LogP contribution in [0.1, 0.15) is 35.4 Å². The molecule has 1 aliphatic rings. The van der Waals surface area contributed by atoms with Crippen LogP contribution in [-0.4, -0.2) is 15.8 Å². The second kappa shape index (κ2) is 5.89. The average molecular weight is 352 g/mol. The molecule has 1 fully saturated rings. The lowest BCUT2D eigenvalue weighted by atomic mass is 10.2. The Morgan fingerprint density at radius 2 is 2.14 bits per heavy atom. The normalized spacial score (nSPS) is 14.7. The molecule has 0 spiro atoms. The number of benzene rings is 1. The number of hydrogen-bond donors (Lipinski definition) is 1. The van der Waals surface area contributed by atoms with Gasteiger partial charge in [-0.2, -0.15) is 5.10 Å². The Labute approximate surface area is 132 Å². The van der Waals surface area contributed by atoms with Gasteiger partial charge in [-0.3, -0.25) is 4.68 Å². The van der Waals surface area contributed by atoms with E-state index in [-0.39, 0.29) is 5.82 Å². The van der Waals surface area contributed by atoms with Gasteiger partial charge in [0.1, 0.15) is 5.82 Å². The van der Waals surface area contributed by atoms with E-state index in [9.17, 15) is 4.39 Å². The minimum absolute atomic E-state index is 0.199. The van der Waals surface area contributed by atoms with Gasteiger partial charge in [0.05, 0.1) is 12.2 Å². The van der Waals surface area contributed by atoms with Crippen molar-refractivity contribution in [2.45, 2.75) is 45.8 Å². The maximum atomic E-state index is 14.0. The monoisotopic (exact) mass is 351 g/mol. The van der Waals surface area contributed by atoms with E-state index in [1.807, 2.05) is 17.7 Å². The van der Waals surface area contributed by atoms with Crippen LogP contribution in [0.25, 0.3) is 0 Å². The largest absolute Gasteiger partial charge is 0.310 e. The van der Waals surface area contributed by atoms with E-state index in [0.29, 0.717) is 18.2 Å².